The van der Waals surface area contributed by atoms with Gasteiger partial charge in [-0.2, -0.15) is 0 Å². The summed E-state index contributed by atoms with van der Waals surface area (Å²) in [7, 11) is 0. The number of hydrogen-bond donors (Lipinski definition) is 1. The molecule has 0 saturated heterocycles. The lowest BCUT2D eigenvalue weighted by Crippen LogP contribution is -2.32. The zero-order chi connectivity index (χ0) is 13.7. The minimum atomic E-state index is -0.335. The van der Waals surface area contributed by atoms with Crippen LogP contribution in [-0.2, 0) is 9.63 Å². The van der Waals surface area contributed by atoms with Gasteiger partial charge in [-0.25, -0.2) is 5.48 Å². The molecule has 0 atom stereocenters. The summed E-state index contributed by atoms with van der Waals surface area (Å²) in [6.45, 7) is -0.145. The number of hydroxylamine groups is 1. The van der Waals surface area contributed by atoms with Gasteiger partial charge >= 0.3 is 0 Å². The molecule has 19 heavy (non-hydrogen) atoms. The van der Waals surface area contributed by atoms with Crippen LogP contribution in [0.2, 0.25) is 10.0 Å². The van der Waals surface area contributed by atoms with Gasteiger partial charge in [0.1, 0.15) is 5.75 Å². The SMILES string of the molecule is O=C(COc1ccc(Cl)cc1Cl)NOC1CCCC1. The first-order valence-corrected chi connectivity index (χ1v) is 6.93. The lowest BCUT2D eigenvalue weighted by Gasteiger charge is -2.12. The molecule has 104 valence electrons. The third-order valence-electron chi connectivity index (χ3n) is 2.89. The molecule has 0 heterocycles. The summed E-state index contributed by atoms with van der Waals surface area (Å²) in [5.41, 5.74) is 2.39. The van der Waals surface area contributed by atoms with E-state index in [9.17, 15) is 4.79 Å². The molecule has 1 amide bonds. The summed E-state index contributed by atoms with van der Waals surface area (Å²) in [4.78, 5) is 16.8. The Morgan fingerprint density at radius 2 is 2.05 bits per heavy atom. The summed E-state index contributed by atoms with van der Waals surface area (Å²) in [5.74, 6) is 0.0833. The minimum Gasteiger partial charge on any atom is -0.482 e. The molecule has 0 unspecified atom stereocenters. The highest BCUT2D eigenvalue weighted by atomic mass is 35.5. The Morgan fingerprint density at radius 1 is 1.32 bits per heavy atom. The average molecular weight is 304 g/mol. The van der Waals surface area contributed by atoms with Crippen LogP contribution >= 0.6 is 23.2 Å². The molecular formula is C13H15Cl2NO3. The van der Waals surface area contributed by atoms with Crippen molar-refractivity contribution >= 4 is 29.1 Å². The number of ether oxygens (including phenoxy) is 1. The van der Waals surface area contributed by atoms with Crippen LogP contribution in [0.15, 0.2) is 18.2 Å². The van der Waals surface area contributed by atoms with Gasteiger partial charge < -0.3 is 4.74 Å². The van der Waals surface area contributed by atoms with Crippen LogP contribution in [0.3, 0.4) is 0 Å². The summed E-state index contributed by atoms with van der Waals surface area (Å²) >= 11 is 11.7. The highest BCUT2D eigenvalue weighted by Crippen LogP contribution is 2.27. The van der Waals surface area contributed by atoms with E-state index in [0.717, 1.165) is 25.7 Å². The molecule has 0 radical (unpaired) electrons. The van der Waals surface area contributed by atoms with Crippen LogP contribution in [0, 0.1) is 0 Å². The van der Waals surface area contributed by atoms with E-state index in [4.69, 9.17) is 32.8 Å². The molecule has 4 nitrogen and oxygen atoms in total. The first-order valence-electron chi connectivity index (χ1n) is 6.17. The summed E-state index contributed by atoms with van der Waals surface area (Å²) in [5, 5.41) is 0.892. The van der Waals surface area contributed by atoms with Gasteiger partial charge in [0, 0.05) is 5.02 Å². The number of benzene rings is 1. The van der Waals surface area contributed by atoms with E-state index >= 15 is 0 Å². The quantitative estimate of drug-likeness (QED) is 0.849. The largest absolute Gasteiger partial charge is 0.482 e. The fraction of sp³-hybridized carbons (Fsp3) is 0.462. The molecule has 1 saturated carbocycles. The zero-order valence-corrected chi connectivity index (χ0v) is 11.8. The summed E-state index contributed by atoms with van der Waals surface area (Å²) in [6.07, 6.45) is 4.41. The molecule has 0 aliphatic heterocycles. The van der Waals surface area contributed by atoms with Gasteiger partial charge in [-0.15, -0.1) is 0 Å². The van der Waals surface area contributed by atoms with Crippen molar-refractivity contribution in [1.29, 1.82) is 0 Å². The van der Waals surface area contributed by atoms with Gasteiger partial charge in [-0.3, -0.25) is 9.63 Å². The molecule has 2 rings (SSSR count). The van der Waals surface area contributed by atoms with E-state index in [-0.39, 0.29) is 18.6 Å². The maximum absolute atomic E-state index is 11.5. The molecule has 1 N–H and O–H groups in total. The van der Waals surface area contributed by atoms with E-state index in [1.54, 1.807) is 18.2 Å². The van der Waals surface area contributed by atoms with Crippen molar-refractivity contribution in [3.05, 3.63) is 28.2 Å². The second kappa shape index (κ2) is 6.98. The van der Waals surface area contributed by atoms with Crippen molar-refractivity contribution in [3.63, 3.8) is 0 Å². The lowest BCUT2D eigenvalue weighted by molar-refractivity contribution is -0.140. The van der Waals surface area contributed by atoms with Crippen LogP contribution in [-0.4, -0.2) is 18.6 Å². The van der Waals surface area contributed by atoms with Gasteiger partial charge in [0.2, 0.25) is 0 Å². The fourth-order valence-electron chi connectivity index (χ4n) is 1.92. The smallest absolute Gasteiger partial charge is 0.281 e. The zero-order valence-electron chi connectivity index (χ0n) is 10.3. The molecule has 6 heteroatoms. The third-order valence-corrected chi connectivity index (χ3v) is 3.42. The molecule has 1 aromatic carbocycles. The fourth-order valence-corrected chi connectivity index (χ4v) is 2.38. The van der Waals surface area contributed by atoms with Crippen LogP contribution in [0.4, 0.5) is 0 Å². The highest BCUT2D eigenvalue weighted by molar-refractivity contribution is 6.35. The lowest BCUT2D eigenvalue weighted by atomic mass is 10.3. The van der Waals surface area contributed by atoms with E-state index in [1.165, 1.54) is 0 Å². The summed E-state index contributed by atoms with van der Waals surface area (Å²) < 4.78 is 5.29. The molecule has 1 fully saturated rings. The number of carbonyl (C=O) groups is 1. The van der Waals surface area contributed by atoms with Crippen molar-refractivity contribution in [1.82, 2.24) is 5.48 Å². The Bertz CT molecular complexity index is 448. The second-order valence-electron chi connectivity index (χ2n) is 4.41. The Labute approximate surface area is 121 Å². The normalized spacial score (nSPS) is 15.5. The molecule has 1 aliphatic carbocycles. The monoisotopic (exact) mass is 303 g/mol. The van der Waals surface area contributed by atoms with Crippen molar-refractivity contribution in [2.24, 2.45) is 0 Å². The Balaban J connectivity index is 1.73. The third kappa shape index (κ3) is 4.56. The van der Waals surface area contributed by atoms with Crippen molar-refractivity contribution < 1.29 is 14.4 Å². The number of rotatable bonds is 5. The number of nitrogens with one attached hydrogen (secondary N) is 1. The topological polar surface area (TPSA) is 47.6 Å². The van der Waals surface area contributed by atoms with Crippen LogP contribution in [0.5, 0.6) is 5.75 Å². The predicted octanol–water partition coefficient (Wildman–Crippen LogP) is 3.36. The van der Waals surface area contributed by atoms with Gasteiger partial charge in [0.15, 0.2) is 6.61 Å². The van der Waals surface area contributed by atoms with Crippen LogP contribution < -0.4 is 10.2 Å². The number of halogens is 2. The van der Waals surface area contributed by atoms with Crippen molar-refractivity contribution in [3.8, 4) is 5.75 Å². The standard InChI is InChI=1S/C13H15Cl2NO3/c14-9-5-6-12(11(15)7-9)18-8-13(17)16-19-10-3-1-2-4-10/h5-7,10H,1-4,8H2,(H,16,17). The molecule has 0 bridgehead atoms. The molecule has 0 spiro atoms. The Hall–Kier alpha value is -0.970. The molecular weight excluding hydrogens is 289 g/mol. The first-order chi connectivity index (χ1) is 9.15. The predicted molar refractivity (Wildman–Crippen MR) is 73.4 cm³/mol. The van der Waals surface area contributed by atoms with Gasteiger partial charge in [-0.05, 0) is 31.0 Å². The van der Waals surface area contributed by atoms with Gasteiger partial charge in [0.25, 0.3) is 5.91 Å². The number of carbonyl (C=O) groups excluding carboxylic acids is 1. The summed E-state index contributed by atoms with van der Waals surface area (Å²) in [6, 6.07) is 4.83. The molecule has 0 aromatic heterocycles. The molecule has 1 aromatic rings. The van der Waals surface area contributed by atoms with E-state index < -0.39 is 0 Å². The first kappa shape index (κ1) is 14.4. The minimum absolute atomic E-state index is 0.128. The number of amides is 1. The Morgan fingerprint density at radius 3 is 2.74 bits per heavy atom. The average Bonchev–Trinajstić information content (AvgIpc) is 2.88. The van der Waals surface area contributed by atoms with E-state index in [2.05, 4.69) is 5.48 Å². The number of hydrogen-bond acceptors (Lipinski definition) is 3. The molecule has 1 aliphatic rings. The Kier molecular flexibility index (Phi) is 5.31. The maximum atomic E-state index is 11.5. The van der Waals surface area contributed by atoms with Crippen LogP contribution in [0.25, 0.3) is 0 Å². The van der Waals surface area contributed by atoms with E-state index in [1.807, 2.05) is 0 Å². The van der Waals surface area contributed by atoms with E-state index in [0.29, 0.717) is 15.8 Å². The maximum Gasteiger partial charge on any atom is 0.281 e. The van der Waals surface area contributed by atoms with Crippen molar-refractivity contribution in [2.75, 3.05) is 6.61 Å². The highest BCUT2D eigenvalue weighted by Gasteiger charge is 2.17. The van der Waals surface area contributed by atoms with Crippen molar-refractivity contribution in [2.45, 2.75) is 31.8 Å². The van der Waals surface area contributed by atoms with Gasteiger partial charge in [-0.1, -0.05) is 36.0 Å². The van der Waals surface area contributed by atoms with Crippen LogP contribution in [0.1, 0.15) is 25.7 Å². The van der Waals surface area contributed by atoms with Gasteiger partial charge in [0.05, 0.1) is 11.1 Å². The second-order valence-corrected chi connectivity index (χ2v) is 5.26.